The third-order valence-electron chi connectivity index (χ3n) is 5.29. The molecule has 1 N–H and O–H groups in total. The first-order valence-electron chi connectivity index (χ1n) is 9.90. The zero-order chi connectivity index (χ0) is 19.5. The van der Waals surface area contributed by atoms with E-state index < -0.39 is 0 Å². The first-order valence-corrected chi connectivity index (χ1v) is 9.90. The van der Waals surface area contributed by atoms with Crippen LogP contribution in [0, 0.1) is 5.92 Å². The van der Waals surface area contributed by atoms with Gasteiger partial charge in [0, 0.05) is 56.9 Å². The lowest BCUT2D eigenvalue weighted by atomic mass is 9.99. The number of H-pyrrole nitrogens is 1. The second-order valence-electron chi connectivity index (χ2n) is 7.90. The van der Waals surface area contributed by atoms with E-state index in [9.17, 15) is 0 Å². The van der Waals surface area contributed by atoms with Crippen LogP contribution in [0.5, 0.6) is 0 Å². The molecule has 28 heavy (non-hydrogen) atoms. The number of nitrogens with one attached hydrogen (secondary N) is 1. The van der Waals surface area contributed by atoms with Crippen molar-refractivity contribution in [1.82, 2.24) is 35.1 Å². The average molecular weight is 381 g/mol. The molecular formula is C20H28N8. The van der Waals surface area contributed by atoms with Gasteiger partial charge in [-0.15, -0.1) is 10.2 Å². The lowest BCUT2D eigenvalue weighted by molar-refractivity contribution is 0.242. The van der Waals surface area contributed by atoms with Gasteiger partial charge in [0.1, 0.15) is 5.82 Å². The Morgan fingerprint density at radius 1 is 1.14 bits per heavy atom. The summed E-state index contributed by atoms with van der Waals surface area (Å²) in [6.07, 6.45) is 4.94. The molecule has 148 valence electrons. The third-order valence-corrected chi connectivity index (χ3v) is 5.29. The van der Waals surface area contributed by atoms with Crippen LogP contribution in [0.4, 0.5) is 5.69 Å². The van der Waals surface area contributed by atoms with E-state index in [1.54, 1.807) is 0 Å². The van der Waals surface area contributed by atoms with Gasteiger partial charge in [0.2, 0.25) is 5.82 Å². The fraction of sp³-hybridized carbons (Fsp3) is 0.500. The van der Waals surface area contributed by atoms with E-state index in [2.05, 4.69) is 79.1 Å². The third kappa shape index (κ3) is 4.06. The van der Waals surface area contributed by atoms with E-state index in [-0.39, 0.29) is 0 Å². The molecule has 4 rings (SSSR count). The molecule has 8 nitrogen and oxygen atoms in total. The summed E-state index contributed by atoms with van der Waals surface area (Å²) in [4.78, 5) is 9.37. The molecule has 1 saturated heterocycles. The molecule has 0 amide bonds. The summed E-state index contributed by atoms with van der Waals surface area (Å²) in [7, 11) is 2.05. The maximum Gasteiger partial charge on any atom is 0.206 e. The zero-order valence-electron chi connectivity index (χ0n) is 16.8. The van der Waals surface area contributed by atoms with Crippen molar-refractivity contribution in [3.8, 4) is 11.4 Å². The Balaban J connectivity index is 1.52. The molecule has 1 fully saturated rings. The summed E-state index contributed by atoms with van der Waals surface area (Å²) in [5.74, 6) is 2.39. The maximum absolute atomic E-state index is 4.45. The summed E-state index contributed by atoms with van der Waals surface area (Å²) in [6, 6.07) is 6.63. The highest BCUT2D eigenvalue weighted by Gasteiger charge is 2.22. The molecule has 0 radical (unpaired) electrons. The minimum atomic E-state index is 0.624. The number of rotatable bonds is 6. The second-order valence-corrected chi connectivity index (χ2v) is 7.90. The van der Waals surface area contributed by atoms with E-state index in [4.69, 9.17) is 0 Å². The van der Waals surface area contributed by atoms with Gasteiger partial charge in [0.15, 0.2) is 0 Å². The number of aryl methyl sites for hydroxylation is 1. The number of imidazole rings is 1. The molecule has 0 atom stereocenters. The Morgan fingerprint density at radius 2 is 1.96 bits per heavy atom. The monoisotopic (exact) mass is 380 g/mol. The molecular weight excluding hydrogens is 352 g/mol. The quantitative estimate of drug-likeness (QED) is 0.706. The Bertz CT molecular complexity index is 891. The highest BCUT2D eigenvalue weighted by Crippen LogP contribution is 2.31. The van der Waals surface area contributed by atoms with Crippen molar-refractivity contribution in [2.75, 3.05) is 31.1 Å². The van der Waals surface area contributed by atoms with Crippen LogP contribution < -0.4 is 4.90 Å². The number of hydrogen-bond acceptors (Lipinski definition) is 6. The molecule has 2 aromatic heterocycles. The van der Waals surface area contributed by atoms with Gasteiger partial charge in [-0.1, -0.05) is 19.9 Å². The van der Waals surface area contributed by atoms with Crippen molar-refractivity contribution >= 4 is 5.69 Å². The van der Waals surface area contributed by atoms with Gasteiger partial charge in [0.05, 0.1) is 6.54 Å². The number of piperazine rings is 1. The molecule has 0 bridgehead atoms. The van der Waals surface area contributed by atoms with E-state index in [1.165, 1.54) is 11.3 Å². The molecule has 0 spiro atoms. The Labute approximate surface area is 165 Å². The van der Waals surface area contributed by atoms with Crippen LogP contribution in [0.2, 0.25) is 0 Å². The van der Waals surface area contributed by atoms with Crippen LogP contribution in [0.25, 0.3) is 11.4 Å². The molecule has 1 aliphatic heterocycles. The van der Waals surface area contributed by atoms with Gasteiger partial charge in [0.25, 0.3) is 0 Å². The predicted octanol–water partition coefficient (Wildman–Crippen LogP) is 2.12. The average Bonchev–Trinajstić information content (AvgIpc) is 3.34. The first-order chi connectivity index (χ1) is 13.6. The van der Waals surface area contributed by atoms with Crippen molar-refractivity contribution in [2.45, 2.75) is 26.8 Å². The van der Waals surface area contributed by atoms with Gasteiger partial charge in [-0.3, -0.25) is 4.90 Å². The molecule has 1 aromatic carbocycles. The summed E-state index contributed by atoms with van der Waals surface area (Å²) in [5.41, 5.74) is 3.60. The second kappa shape index (κ2) is 8.10. The largest absolute Gasteiger partial charge is 0.368 e. The zero-order valence-corrected chi connectivity index (χ0v) is 16.8. The normalized spacial score (nSPS) is 15.5. The SMILES string of the molecule is CC(C)Cc1ccc(-c2nn[nH]n2)c(N2CCN(Cc3nccn3C)CC2)c1. The van der Waals surface area contributed by atoms with Gasteiger partial charge in [-0.05, 0) is 35.2 Å². The van der Waals surface area contributed by atoms with E-state index in [0.717, 1.165) is 50.5 Å². The van der Waals surface area contributed by atoms with E-state index in [0.29, 0.717) is 11.7 Å². The number of benzene rings is 1. The standard InChI is InChI=1S/C20H28N8/c1-15(2)12-16-4-5-17(20-22-24-25-23-20)18(13-16)28-10-8-27(9-11-28)14-19-21-6-7-26(19)3/h4-7,13,15H,8-12,14H2,1-3H3,(H,22,23,24,25). The van der Waals surface area contributed by atoms with Crippen LogP contribution >= 0.6 is 0 Å². The molecule has 0 unspecified atom stereocenters. The van der Waals surface area contributed by atoms with Crippen molar-refractivity contribution in [1.29, 1.82) is 0 Å². The van der Waals surface area contributed by atoms with Gasteiger partial charge < -0.3 is 9.47 Å². The molecule has 3 aromatic rings. The van der Waals surface area contributed by atoms with Crippen LogP contribution in [-0.2, 0) is 20.0 Å². The lowest BCUT2D eigenvalue weighted by Crippen LogP contribution is -2.46. The van der Waals surface area contributed by atoms with Crippen LogP contribution in [-0.4, -0.2) is 61.3 Å². The number of tetrazole rings is 1. The van der Waals surface area contributed by atoms with Gasteiger partial charge in [-0.2, -0.15) is 5.21 Å². The molecule has 8 heteroatoms. The van der Waals surface area contributed by atoms with Crippen molar-refractivity contribution < 1.29 is 0 Å². The van der Waals surface area contributed by atoms with Crippen LogP contribution in [0.15, 0.2) is 30.6 Å². The lowest BCUT2D eigenvalue weighted by Gasteiger charge is -2.36. The summed E-state index contributed by atoms with van der Waals surface area (Å²) in [5, 5.41) is 14.7. The minimum absolute atomic E-state index is 0.624. The van der Waals surface area contributed by atoms with Crippen molar-refractivity contribution in [2.24, 2.45) is 13.0 Å². The smallest absolute Gasteiger partial charge is 0.206 e. The summed E-state index contributed by atoms with van der Waals surface area (Å²) in [6.45, 7) is 9.36. The molecule has 3 heterocycles. The molecule has 0 aliphatic carbocycles. The Hall–Kier alpha value is -2.74. The van der Waals surface area contributed by atoms with Gasteiger partial charge >= 0.3 is 0 Å². The Morgan fingerprint density at radius 3 is 2.61 bits per heavy atom. The number of nitrogens with zero attached hydrogens (tertiary/aromatic N) is 7. The number of anilines is 1. The molecule has 1 aliphatic rings. The minimum Gasteiger partial charge on any atom is -0.368 e. The summed E-state index contributed by atoms with van der Waals surface area (Å²) >= 11 is 0. The molecule has 0 saturated carbocycles. The fourth-order valence-corrected chi connectivity index (χ4v) is 3.80. The van der Waals surface area contributed by atoms with E-state index in [1.807, 2.05) is 12.4 Å². The van der Waals surface area contributed by atoms with Crippen LogP contribution in [0.3, 0.4) is 0 Å². The fourth-order valence-electron chi connectivity index (χ4n) is 3.80. The van der Waals surface area contributed by atoms with Crippen LogP contribution in [0.1, 0.15) is 25.2 Å². The van der Waals surface area contributed by atoms with Crippen molar-refractivity contribution in [3.63, 3.8) is 0 Å². The Kier molecular flexibility index (Phi) is 5.38. The van der Waals surface area contributed by atoms with Crippen molar-refractivity contribution in [3.05, 3.63) is 42.0 Å². The number of aromatic nitrogens is 6. The van der Waals surface area contributed by atoms with E-state index >= 15 is 0 Å². The number of hydrogen-bond donors (Lipinski definition) is 1. The topological polar surface area (TPSA) is 78.8 Å². The van der Waals surface area contributed by atoms with Gasteiger partial charge in [-0.25, -0.2) is 4.98 Å². The highest BCUT2D eigenvalue weighted by atomic mass is 15.5. The number of aromatic amines is 1. The maximum atomic E-state index is 4.45. The highest BCUT2D eigenvalue weighted by molar-refractivity contribution is 5.75. The predicted molar refractivity (Wildman–Crippen MR) is 109 cm³/mol. The summed E-state index contributed by atoms with van der Waals surface area (Å²) < 4.78 is 2.09. The first kappa shape index (κ1) is 18.6.